The Morgan fingerprint density at radius 2 is 2.05 bits per heavy atom. The van der Waals surface area contributed by atoms with E-state index in [0.717, 1.165) is 22.2 Å². The van der Waals surface area contributed by atoms with E-state index in [1.807, 2.05) is 13.8 Å². The first-order chi connectivity index (χ1) is 9.56. The Hall–Kier alpha value is -1.82. The second kappa shape index (κ2) is 6.09. The molecular weight excluding hydrogens is 322 g/mol. The first-order valence-corrected chi connectivity index (χ1v) is 7.14. The number of benzene rings is 1. The number of nitrogen functional groups attached to an aromatic ring is 1. The lowest BCUT2D eigenvalue weighted by Gasteiger charge is -2.10. The van der Waals surface area contributed by atoms with E-state index in [0.29, 0.717) is 24.0 Å². The fourth-order valence-electron chi connectivity index (χ4n) is 1.80. The minimum Gasteiger partial charge on any atom is -0.504 e. The number of hydrogen-bond donors (Lipinski definition) is 2. The van der Waals surface area contributed by atoms with Gasteiger partial charge in [-0.25, -0.2) is 9.97 Å². The van der Waals surface area contributed by atoms with Gasteiger partial charge in [0.05, 0.1) is 16.8 Å². The van der Waals surface area contributed by atoms with E-state index in [9.17, 15) is 5.11 Å². The lowest BCUT2D eigenvalue weighted by atomic mass is 10.1. The summed E-state index contributed by atoms with van der Waals surface area (Å²) in [5.41, 5.74) is 7.48. The fraction of sp³-hybridized carbons (Fsp3) is 0.286. The maximum atomic E-state index is 9.71. The molecular formula is C14H16BrN3O2. The van der Waals surface area contributed by atoms with Gasteiger partial charge in [-0.1, -0.05) is 6.92 Å². The van der Waals surface area contributed by atoms with Crippen LogP contribution in [0.5, 0.6) is 11.5 Å². The number of anilines is 1. The number of nitrogens with two attached hydrogens (primary N) is 1. The molecule has 0 aliphatic rings. The van der Waals surface area contributed by atoms with Gasteiger partial charge >= 0.3 is 0 Å². The van der Waals surface area contributed by atoms with Crippen LogP contribution < -0.4 is 10.5 Å². The van der Waals surface area contributed by atoms with Crippen molar-refractivity contribution in [1.29, 1.82) is 0 Å². The summed E-state index contributed by atoms with van der Waals surface area (Å²) in [7, 11) is 0. The molecule has 0 atom stereocenters. The average molecular weight is 338 g/mol. The van der Waals surface area contributed by atoms with E-state index in [1.165, 1.54) is 0 Å². The van der Waals surface area contributed by atoms with Crippen LogP contribution >= 0.6 is 15.9 Å². The third kappa shape index (κ3) is 2.85. The van der Waals surface area contributed by atoms with Crippen molar-refractivity contribution in [3.8, 4) is 22.9 Å². The molecule has 0 aliphatic heterocycles. The molecule has 0 aliphatic carbocycles. The van der Waals surface area contributed by atoms with Crippen LogP contribution in [0.3, 0.4) is 0 Å². The number of aryl methyl sites for hydroxylation is 1. The average Bonchev–Trinajstić information content (AvgIpc) is 2.44. The van der Waals surface area contributed by atoms with E-state index < -0.39 is 0 Å². The van der Waals surface area contributed by atoms with Gasteiger partial charge in [-0.05, 0) is 47.5 Å². The molecule has 5 nitrogen and oxygen atoms in total. The summed E-state index contributed by atoms with van der Waals surface area (Å²) in [5.74, 6) is 1.42. The zero-order valence-electron chi connectivity index (χ0n) is 11.4. The molecule has 0 fully saturated rings. The minimum absolute atomic E-state index is 0.0939. The standard InChI is InChI=1S/C14H16BrN3O2/c1-3-9-12(15)13(16)18-14(17-9)8-5-6-10(19)11(7-8)20-4-2/h5-7,19H,3-4H2,1-2H3,(H2,16,17,18). The summed E-state index contributed by atoms with van der Waals surface area (Å²) in [4.78, 5) is 8.74. The number of halogens is 1. The van der Waals surface area contributed by atoms with Crippen LogP contribution in [0, 0.1) is 0 Å². The number of phenols is 1. The van der Waals surface area contributed by atoms with Crippen molar-refractivity contribution >= 4 is 21.7 Å². The Kier molecular flexibility index (Phi) is 4.44. The zero-order chi connectivity index (χ0) is 14.7. The van der Waals surface area contributed by atoms with Gasteiger partial charge in [0.1, 0.15) is 5.82 Å². The molecule has 0 bridgehead atoms. The lowest BCUT2D eigenvalue weighted by Crippen LogP contribution is -2.02. The van der Waals surface area contributed by atoms with Crippen molar-refractivity contribution in [2.75, 3.05) is 12.3 Å². The van der Waals surface area contributed by atoms with Crippen LogP contribution in [0.2, 0.25) is 0 Å². The zero-order valence-corrected chi connectivity index (χ0v) is 12.9. The molecule has 0 unspecified atom stereocenters. The van der Waals surface area contributed by atoms with Gasteiger partial charge in [-0.15, -0.1) is 0 Å². The Labute approximate surface area is 126 Å². The van der Waals surface area contributed by atoms with Gasteiger partial charge in [0.2, 0.25) is 0 Å². The van der Waals surface area contributed by atoms with Crippen molar-refractivity contribution in [2.24, 2.45) is 0 Å². The summed E-state index contributed by atoms with van der Waals surface area (Å²) in [6.45, 7) is 4.33. The Balaban J connectivity index is 2.51. The van der Waals surface area contributed by atoms with Crippen molar-refractivity contribution in [3.63, 3.8) is 0 Å². The normalized spacial score (nSPS) is 10.6. The molecule has 1 heterocycles. The highest BCUT2D eigenvalue weighted by Crippen LogP contribution is 2.32. The van der Waals surface area contributed by atoms with Crippen LogP contribution in [0.4, 0.5) is 5.82 Å². The van der Waals surface area contributed by atoms with Crippen LogP contribution in [0.25, 0.3) is 11.4 Å². The lowest BCUT2D eigenvalue weighted by molar-refractivity contribution is 0.318. The maximum Gasteiger partial charge on any atom is 0.161 e. The molecule has 2 aromatic rings. The predicted molar refractivity (Wildman–Crippen MR) is 81.8 cm³/mol. The number of aromatic nitrogens is 2. The molecule has 0 spiro atoms. The van der Waals surface area contributed by atoms with Crippen molar-refractivity contribution in [1.82, 2.24) is 9.97 Å². The third-order valence-electron chi connectivity index (χ3n) is 2.80. The van der Waals surface area contributed by atoms with Crippen molar-refractivity contribution in [3.05, 3.63) is 28.4 Å². The van der Waals surface area contributed by atoms with E-state index >= 15 is 0 Å². The Morgan fingerprint density at radius 3 is 2.70 bits per heavy atom. The molecule has 106 valence electrons. The third-order valence-corrected chi connectivity index (χ3v) is 3.66. The van der Waals surface area contributed by atoms with Gasteiger partial charge < -0.3 is 15.6 Å². The SMILES string of the molecule is CCOc1cc(-c2nc(N)c(Br)c(CC)n2)ccc1O. The summed E-state index contributed by atoms with van der Waals surface area (Å²) < 4.78 is 6.09. The number of ether oxygens (including phenoxy) is 1. The van der Waals surface area contributed by atoms with Gasteiger partial charge in [0.25, 0.3) is 0 Å². The second-order valence-corrected chi connectivity index (χ2v) is 4.96. The monoisotopic (exact) mass is 337 g/mol. The highest BCUT2D eigenvalue weighted by atomic mass is 79.9. The molecule has 0 saturated carbocycles. The molecule has 6 heteroatoms. The minimum atomic E-state index is 0.0939. The van der Waals surface area contributed by atoms with Gasteiger partial charge in [-0.2, -0.15) is 0 Å². The summed E-state index contributed by atoms with van der Waals surface area (Å²) >= 11 is 3.38. The molecule has 1 aromatic heterocycles. The van der Waals surface area contributed by atoms with Crippen LogP contribution in [-0.4, -0.2) is 21.7 Å². The van der Waals surface area contributed by atoms with Gasteiger partial charge in [-0.3, -0.25) is 0 Å². The molecule has 0 amide bonds. The maximum absolute atomic E-state index is 9.71. The largest absolute Gasteiger partial charge is 0.504 e. The second-order valence-electron chi connectivity index (χ2n) is 4.16. The fourth-order valence-corrected chi connectivity index (χ4v) is 2.26. The van der Waals surface area contributed by atoms with E-state index in [2.05, 4.69) is 25.9 Å². The number of nitrogens with zero attached hydrogens (tertiary/aromatic N) is 2. The number of aromatic hydroxyl groups is 1. The Bertz CT molecular complexity index is 632. The van der Waals surface area contributed by atoms with Crippen LogP contribution in [0.1, 0.15) is 19.5 Å². The van der Waals surface area contributed by atoms with Gasteiger partial charge in [0.15, 0.2) is 17.3 Å². The predicted octanol–water partition coefficient (Wildman–Crippen LogP) is 3.16. The number of phenolic OH excluding ortho intramolecular Hbond substituents is 1. The van der Waals surface area contributed by atoms with E-state index in [4.69, 9.17) is 10.5 Å². The van der Waals surface area contributed by atoms with E-state index in [1.54, 1.807) is 18.2 Å². The first-order valence-electron chi connectivity index (χ1n) is 6.34. The van der Waals surface area contributed by atoms with Crippen LogP contribution in [0.15, 0.2) is 22.7 Å². The molecule has 0 saturated heterocycles. The summed E-state index contributed by atoms with van der Waals surface area (Å²) in [6, 6.07) is 5.01. The smallest absolute Gasteiger partial charge is 0.161 e. The summed E-state index contributed by atoms with van der Waals surface area (Å²) in [6.07, 6.45) is 0.747. The van der Waals surface area contributed by atoms with Crippen molar-refractivity contribution in [2.45, 2.75) is 20.3 Å². The molecule has 2 rings (SSSR count). The summed E-state index contributed by atoms with van der Waals surface area (Å²) in [5, 5.41) is 9.71. The molecule has 0 radical (unpaired) electrons. The molecule has 1 aromatic carbocycles. The first kappa shape index (κ1) is 14.6. The Morgan fingerprint density at radius 1 is 1.30 bits per heavy atom. The van der Waals surface area contributed by atoms with Crippen LogP contribution in [-0.2, 0) is 6.42 Å². The quantitative estimate of drug-likeness (QED) is 0.895. The number of hydrogen-bond acceptors (Lipinski definition) is 5. The number of rotatable bonds is 4. The molecule has 3 N–H and O–H groups in total. The van der Waals surface area contributed by atoms with E-state index in [-0.39, 0.29) is 5.75 Å². The van der Waals surface area contributed by atoms with Crippen molar-refractivity contribution < 1.29 is 9.84 Å². The van der Waals surface area contributed by atoms with Gasteiger partial charge in [0, 0.05) is 5.56 Å². The highest BCUT2D eigenvalue weighted by Gasteiger charge is 2.12. The molecule has 20 heavy (non-hydrogen) atoms. The highest BCUT2D eigenvalue weighted by molar-refractivity contribution is 9.10. The topological polar surface area (TPSA) is 81.3 Å².